The highest BCUT2D eigenvalue weighted by molar-refractivity contribution is 8.00. The third-order valence-corrected chi connectivity index (χ3v) is 4.81. The highest BCUT2D eigenvalue weighted by Crippen LogP contribution is 2.26. The average Bonchev–Trinajstić information content (AvgIpc) is 3.03. The molecule has 9 heteroatoms. The molecule has 1 unspecified atom stereocenters. The summed E-state index contributed by atoms with van der Waals surface area (Å²) in [7, 11) is 1.56. The minimum absolute atomic E-state index is 0.209. The first kappa shape index (κ1) is 18.7. The van der Waals surface area contributed by atoms with Crippen molar-refractivity contribution in [3.05, 3.63) is 54.3 Å². The number of nitrogens with zero attached hydrogens (tertiary/aromatic N) is 3. The van der Waals surface area contributed by atoms with Crippen LogP contribution >= 0.6 is 11.8 Å². The van der Waals surface area contributed by atoms with Gasteiger partial charge in [0.15, 0.2) is 5.82 Å². The summed E-state index contributed by atoms with van der Waals surface area (Å²) in [6, 6.07) is 12.9. The van der Waals surface area contributed by atoms with Crippen LogP contribution in [-0.4, -0.2) is 33.1 Å². The predicted molar refractivity (Wildman–Crippen MR) is 103 cm³/mol. The minimum Gasteiger partial charge on any atom is -0.497 e. The first-order valence-electron chi connectivity index (χ1n) is 8.06. The number of hydrogen-bond donors (Lipinski definition) is 2. The van der Waals surface area contributed by atoms with Gasteiger partial charge in [0.2, 0.25) is 11.1 Å². The van der Waals surface area contributed by atoms with E-state index in [1.165, 1.54) is 28.6 Å². The van der Waals surface area contributed by atoms with Crippen LogP contribution in [0.15, 0.2) is 53.7 Å². The number of carbonyl (C=O) groups excluding carboxylic acids is 1. The maximum Gasteiger partial charge on any atom is 0.237 e. The van der Waals surface area contributed by atoms with Crippen molar-refractivity contribution in [2.45, 2.75) is 17.3 Å². The van der Waals surface area contributed by atoms with Crippen LogP contribution in [0.2, 0.25) is 0 Å². The lowest BCUT2D eigenvalue weighted by Gasteiger charge is -2.12. The lowest BCUT2D eigenvalue weighted by molar-refractivity contribution is -0.115. The van der Waals surface area contributed by atoms with Crippen LogP contribution in [0.3, 0.4) is 0 Å². The summed E-state index contributed by atoms with van der Waals surface area (Å²) in [5.41, 5.74) is 1.26. The van der Waals surface area contributed by atoms with Crippen LogP contribution in [0.1, 0.15) is 6.92 Å². The second kappa shape index (κ2) is 8.09. The molecule has 2 aromatic carbocycles. The lowest BCUT2D eigenvalue weighted by Crippen LogP contribution is -2.23. The van der Waals surface area contributed by atoms with Crippen molar-refractivity contribution in [3.8, 4) is 17.1 Å². The Morgan fingerprint density at radius 1 is 1.26 bits per heavy atom. The molecule has 140 valence electrons. The first-order valence-corrected chi connectivity index (χ1v) is 8.94. The van der Waals surface area contributed by atoms with E-state index in [9.17, 15) is 9.18 Å². The lowest BCUT2D eigenvalue weighted by atomic mass is 10.2. The molecule has 1 atom stereocenters. The number of halogens is 1. The molecule has 0 aliphatic carbocycles. The maximum atomic E-state index is 13.1. The van der Waals surface area contributed by atoms with Gasteiger partial charge < -0.3 is 15.9 Å². The van der Waals surface area contributed by atoms with Gasteiger partial charge in [-0.15, -0.1) is 10.2 Å². The summed E-state index contributed by atoms with van der Waals surface area (Å²) in [6.07, 6.45) is 0. The molecular weight excluding hydrogens is 369 g/mol. The van der Waals surface area contributed by atoms with Crippen molar-refractivity contribution in [3.63, 3.8) is 0 Å². The fourth-order valence-corrected chi connectivity index (χ4v) is 3.08. The summed E-state index contributed by atoms with van der Waals surface area (Å²) in [5.74, 6) is 6.52. The van der Waals surface area contributed by atoms with Crippen LogP contribution in [0.5, 0.6) is 5.75 Å². The second-order valence-electron chi connectivity index (χ2n) is 5.66. The van der Waals surface area contributed by atoms with Gasteiger partial charge in [-0.2, -0.15) is 0 Å². The van der Waals surface area contributed by atoms with Crippen LogP contribution in [-0.2, 0) is 4.79 Å². The number of methoxy groups -OCH3 is 1. The standard InChI is InChI=1S/C18H18FN5O2S/c1-11(17(25)21-14-4-3-5-15(10-14)26-2)27-18-23-22-16(24(18)20)12-6-8-13(19)9-7-12/h3-11H,20H2,1-2H3,(H,21,25). The van der Waals surface area contributed by atoms with Gasteiger partial charge in [-0.25, -0.2) is 9.07 Å². The summed E-state index contributed by atoms with van der Waals surface area (Å²) >= 11 is 1.17. The van der Waals surface area contributed by atoms with Gasteiger partial charge in [-0.05, 0) is 43.3 Å². The topological polar surface area (TPSA) is 95.1 Å². The smallest absolute Gasteiger partial charge is 0.237 e. The molecule has 0 radical (unpaired) electrons. The van der Waals surface area contributed by atoms with Gasteiger partial charge in [0.25, 0.3) is 0 Å². The fraction of sp³-hybridized carbons (Fsp3) is 0.167. The molecule has 3 N–H and O–H groups in total. The zero-order chi connectivity index (χ0) is 19.4. The van der Waals surface area contributed by atoms with E-state index in [1.54, 1.807) is 50.4 Å². The van der Waals surface area contributed by atoms with Crippen LogP contribution in [0.25, 0.3) is 11.4 Å². The van der Waals surface area contributed by atoms with Crippen LogP contribution in [0, 0.1) is 5.82 Å². The van der Waals surface area contributed by atoms with Crippen molar-refractivity contribution >= 4 is 23.4 Å². The molecule has 1 aromatic heterocycles. The zero-order valence-electron chi connectivity index (χ0n) is 14.7. The molecule has 1 heterocycles. The molecule has 7 nitrogen and oxygen atoms in total. The van der Waals surface area contributed by atoms with Crippen molar-refractivity contribution in [2.24, 2.45) is 0 Å². The number of ether oxygens (including phenoxy) is 1. The SMILES string of the molecule is COc1cccc(NC(=O)C(C)Sc2nnc(-c3ccc(F)cc3)n2N)c1. The normalized spacial score (nSPS) is 11.8. The Kier molecular flexibility index (Phi) is 5.60. The van der Waals surface area contributed by atoms with Gasteiger partial charge in [0.05, 0.1) is 12.4 Å². The Morgan fingerprint density at radius 3 is 2.70 bits per heavy atom. The number of aromatic nitrogens is 3. The maximum absolute atomic E-state index is 13.1. The Labute approximate surface area is 159 Å². The molecule has 0 saturated heterocycles. The van der Waals surface area contributed by atoms with Crippen molar-refractivity contribution in [1.82, 2.24) is 14.9 Å². The molecule has 3 aromatic rings. The number of amides is 1. The fourth-order valence-electron chi connectivity index (χ4n) is 2.31. The van der Waals surface area contributed by atoms with E-state index >= 15 is 0 Å². The molecule has 0 spiro atoms. The number of anilines is 1. The molecule has 0 bridgehead atoms. The van der Waals surface area contributed by atoms with Crippen LogP contribution in [0.4, 0.5) is 10.1 Å². The number of thioether (sulfide) groups is 1. The molecule has 0 fully saturated rings. The molecule has 1 amide bonds. The van der Waals surface area contributed by atoms with Gasteiger partial charge >= 0.3 is 0 Å². The molecular formula is C18H18FN5O2S. The van der Waals surface area contributed by atoms with E-state index in [2.05, 4.69) is 15.5 Å². The quantitative estimate of drug-likeness (QED) is 0.499. The zero-order valence-corrected chi connectivity index (χ0v) is 15.5. The van der Waals surface area contributed by atoms with E-state index in [0.29, 0.717) is 28.0 Å². The Bertz CT molecular complexity index is 945. The van der Waals surface area contributed by atoms with Gasteiger partial charge in [0, 0.05) is 17.3 Å². The number of nitrogens with one attached hydrogen (secondary N) is 1. The van der Waals surface area contributed by atoms with Crippen LogP contribution < -0.4 is 15.9 Å². The monoisotopic (exact) mass is 387 g/mol. The molecule has 3 rings (SSSR count). The van der Waals surface area contributed by atoms with E-state index in [0.717, 1.165) is 0 Å². The summed E-state index contributed by atoms with van der Waals surface area (Å²) < 4.78 is 19.5. The average molecular weight is 387 g/mol. The first-order chi connectivity index (χ1) is 13.0. The van der Waals surface area contributed by atoms with E-state index in [1.807, 2.05) is 0 Å². The molecule has 0 aliphatic heterocycles. The third-order valence-electron chi connectivity index (χ3n) is 3.76. The predicted octanol–water partition coefficient (Wildman–Crippen LogP) is 2.93. The van der Waals surface area contributed by atoms with E-state index in [-0.39, 0.29) is 11.7 Å². The largest absolute Gasteiger partial charge is 0.497 e. The highest BCUT2D eigenvalue weighted by atomic mass is 32.2. The molecule has 27 heavy (non-hydrogen) atoms. The number of rotatable bonds is 6. The Balaban J connectivity index is 1.69. The number of nitrogens with two attached hydrogens (primary N) is 1. The van der Waals surface area contributed by atoms with E-state index in [4.69, 9.17) is 10.6 Å². The number of hydrogen-bond acceptors (Lipinski definition) is 6. The summed E-state index contributed by atoms with van der Waals surface area (Å²) in [6.45, 7) is 1.74. The minimum atomic E-state index is -0.469. The second-order valence-corrected chi connectivity index (χ2v) is 6.97. The number of carbonyl (C=O) groups is 1. The third kappa shape index (κ3) is 4.37. The van der Waals surface area contributed by atoms with E-state index < -0.39 is 5.25 Å². The molecule has 0 aliphatic rings. The van der Waals surface area contributed by atoms with Crippen molar-refractivity contribution in [2.75, 3.05) is 18.3 Å². The Hall–Kier alpha value is -3.07. The highest BCUT2D eigenvalue weighted by Gasteiger charge is 2.20. The number of nitrogen functional groups attached to an aromatic ring is 1. The van der Waals surface area contributed by atoms with Gasteiger partial charge in [-0.1, -0.05) is 17.8 Å². The summed E-state index contributed by atoms with van der Waals surface area (Å²) in [5, 5.41) is 10.8. The van der Waals surface area contributed by atoms with Crippen molar-refractivity contribution in [1.29, 1.82) is 0 Å². The van der Waals surface area contributed by atoms with Gasteiger partial charge in [0.1, 0.15) is 11.6 Å². The summed E-state index contributed by atoms with van der Waals surface area (Å²) in [4.78, 5) is 12.4. The number of benzene rings is 2. The molecule has 0 saturated carbocycles. The van der Waals surface area contributed by atoms with Crippen molar-refractivity contribution < 1.29 is 13.9 Å². The van der Waals surface area contributed by atoms with Gasteiger partial charge in [-0.3, -0.25) is 4.79 Å². The Morgan fingerprint density at radius 2 is 2.00 bits per heavy atom.